The highest BCUT2D eigenvalue weighted by atomic mass is 16.7. The molecule has 5 rings (SSSR count). The van der Waals surface area contributed by atoms with Crippen molar-refractivity contribution in [3.05, 3.63) is 51.6 Å². The summed E-state index contributed by atoms with van der Waals surface area (Å²) >= 11 is 0. The summed E-state index contributed by atoms with van der Waals surface area (Å²) < 4.78 is 17.6. The molecule has 12 N–H and O–H groups in total. The van der Waals surface area contributed by atoms with Crippen LogP contribution in [0, 0.1) is 11.8 Å². The van der Waals surface area contributed by atoms with E-state index in [1.54, 1.807) is 0 Å². The molecule has 23 nitrogen and oxygen atoms in total. The number of methoxy groups -OCH3 is 1. The molecule has 3 aliphatic rings. The number of aliphatic hydroxyl groups is 3. The van der Waals surface area contributed by atoms with E-state index >= 15 is 0 Å². The van der Waals surface area contributed by atoms with E-state index in [0.717, 1.165) is 6.92 Å². The van der Waals surface area contributed by atoms with Crippen LogP contribution in [0.1, 0.15) is 130 Å². The van der Waals surface area contributed by atoms with Crippen molar-refractivity contribution in [1.82, 2.24) is 21.3 Å². The van der Waals surface area contributed by atoms with E-state index in [9.17, 15) is 68.7 Å². The SMILES string of the molecule is CC(=O)C(=O)O.COc1cccc2c1C(=O)c1c(O)c3c(c(O)c1C2=O)C[C@@](O)(C(=O)CO)C[C@@H]3O[C@H]1C[C@H](NC(=O)[C@H](CC(C)C)NC(=O)[C@H](C)NC(=O)[C@H](CC(C)C)NC(=O)CCN)[C@H](O)[C@H](C)O1. The summed E-state index contributed by atoms with van der Waals surface area (Å²) in [5, 5.41) is 74.6. The van der Waals surface area contributed by atoms with Crippen molar-refractivity contribution < 1.29 is 88.0 Å². The number of hydrogen-bond donors (Lipinski definition) is 11. The van der Waals surface area contributed by atoms with Gasteiger partial charge in [-0.15, -0.1) is 0 Å². The van der Waals surface area contributed by atoms with E-state index in [-0.39, 0.29) is 72.1 Å². The number of amides is 4. The lowest BCUT2D eigenvalue weighted by Gasteiger charge is -2.43. The molecule has 1 aliphatic heterocycles. The number of phenolic OH excluding ortho intramolecular Hbond substituents is 2. The lowest BCUT2D eigenvalue weighted by atomic mass is 9.72. The minimum absolute atomic E-state index is 0.00808. The summed E-state index contributed by atoms with van der Waals surface area (Å²) in [5.74, 6) is -9.05. The van der Waals surface area contributed by atoms with Crippen LogP contribution in [-0.2, 0) is 49.5 Å². The first-order valence-electron chi connectivity index (χ1n) is 23.1. The molecule has 71 heavy (non-hydrogen) atoms. The number of nitrogens with one attached hydrogen (secondary N) is 4. The van der Waals surface area contributed by atoms with Crippen LogP contribution in [0.3, 0.4) is 0 Å². The van der Waals surface area contributed by atoms with Crippen LogP contribution in [0.25, 0.3) is 0 Å². The Morgan fingerprint density at radius 3 is 2.01 bits per heavy atom. The number of aliphatic carboxylic acids is 1. The maximum absolute atomic E-state index is 14.0. The zero-order chi connectivity index (χ0) is 53.4. The smallest absolute Gasteiger partial charge is 0.371 e. The Bertz CT molecular complexity index is 2390. The number of carboxylic acids is 1. The number of fused-ring (bicyclic) bond motifs is 3. The second-order valence-electron chi connectivity index (χ2n) is 18.7. The summed E-state index contributed by atoms with van der Waals surface area (Å²) in [4.78, 5) is 113. The van der Waals surface area contributed by atoms with Crippen molar-refractivity contribution in [1.29, 1.82) is 0 Å². The molecule has 1 heterocycles. The Balaban J connectivity index is 0.00000171. The fourth-order valence-corrected chi connectivity index (χ4v) is 8.62. The van der Waals surface area contributed by atoms with Gasteiger partial charge in [0.25, 0.3) is 0 Å². The van der Waals surface area contributed by atoms with Crippen LogP contribution >= 0.6 is 0 Å². The first-order chi connectivity index (χ1) is 33.2. The van der Waals surface area contributed by atoms with Gasteiger partial charge in [-0.3, -0.25) is 38.4 Å². The van der Waals surface area contributed by atoms with Crippen molar-refractivity contribution in [3.63, 3.8) is 0 Å². The summed E-state index contributed by atoms with van der Waals surface area (Å²) in [6, 6.07) is -0.0960. The van der Waals surface area contributed by atoms with Gasteiger partial charge in [0.05, 0.1) is 42.0 Å². The fraction of sp³-hybridized carbons (Fsp3) is 0.562. The average Bonchev–Trinajstić information content (AvgIpc) is 3.29. The summed E-state index contributed by atoms with van der Waals surface area (Å²) in [6.45, 7) is 10.3. The highest BCUT2D eigenvalue weighted by molar-refractivity contribution is 6.32. The molecule has 2 aromatic carbocycles. The number of benzene rings is 2. The average molecular weight is 1000 g/mol. The Kier molecular flexibility index (Phi) is 19.5. The van der Waals surface area contributed by atoms with Gasteiger partial charge in [0.15, 0.2) is 17.9 Å². The van der Waals surface area contributed by atoms with Crippen LogP contribution in [0.2, 0.25) is 0 Å². The number of carboxylic acid groups (broad SMARTS) is 1. The topological polar surface area (TPSA) is 377 Å². The van der Waals surface area contributed by atoms with Gasteiger partial charge in [-0.05, 0) is 44.6 Å². The third kappa shape index (κ3) is 13.3. The lowest BCUT2D eigenvalue weighted by Crippen LogP contribution is -2.60. The number of nitrogens with two attached hydrogens (primary N) is 1. The van der Waals surface area contributed by atoms with Crippen LogP contribution in [0.5, 0.6) is 17.2 Å². The Labute approximate surface area is 409 Å². The van der Waals surface area contributed by atoms with E-state index in [0.29, 0.717) is 0 Å². The number of aliphatic hydroxyl groups excluding tert-OH is 2. The number of ether oxygens (including phenoxy) is 3. The molecule has 0 bridgehead atoms. The first kappa shape index (κ1) is 57.2. The Morgan fingerprint density at radius 2 is 1.46 bits per heavy atom. The van der Waals surface area contributed by atoms with Gasteiger partial charge in [-0.1, -0.05) is 39.8 Å². The van der Waals surface area contributed by atoms with Crippen LogP contribution < -0.4 is 31.7 Å². The maximum atomic E-state index is 14.0. The van der Waals surface area contributed by atoms with E-state index < -0.39 is 149 Å². The highest BCUT2D eigenvalue weighted by Crippen LogP contribution is 2.52. The van der Waals surface area contributed by atoms with E-state index in [2.05, 4.69) is 21.3 Å². The predicted octanol–water partition coefficient (Wildman–Crippen LogP) is -0.266. The molecule has 2 aliphatic carbocycles. The number of phenols is 2. The monoisotopic (exact) mass is 999 g/mol. The molecule has 390 valence electrons. The molecule has 0 radical (unpaired) electrons. The fourth-order valence-electron chi connectivity index (χ4n) is 8.62. The Hall–Kier alpha value is -6.37. The number of carbonyl (C=O) groups is 9. The van der Waals surface area contributed by atoms with Crippen LogP contribution in [0.4, 0.5) is 0 Å². The second kappa shape index (κ2) is 24.2. The number of Topliss-reactive ketones (excluding diaryl/α,β-unsaturated/α-hetero) is 2. The summed E-state index contributed by atoms with van der Waals surface area (Å²) in [5.41, 5.74) is 1.12. The number of aromatic hydroxyl groups is 2. The lowest BCUT2D eigenvalue weighted by molar-refractivity contribution is -0.249. The highest BCUT2D eigenvalue weighted by Gasteiger charge is 2.50. The normalized spacial score (nSPS) is 22.5. The minimum Gasteiger partial charge on any atom is -0.507 e. The van der Waals surface area contributed by atoms with Crippen molar-refractivity contribution in [3.8, 4) is 17.2 Å². The number of hydrogen-bond acceptors (Lipinski definition) is 18. The molecule has 9 atom stereocenters. The number of carbonyl (C=O) groups excluding carboxylic acids is 8. The zero-order valence-electron chi connectivity index (χ0n) is 40.8. The van der Waals surface area contributed by atoms with E-state index in [4.69, 9.17) is 25.1 Å². The van der Waals surface area contributed by atoms with Crippen molar-refractivity contribution in [2.75, 3.05) is 20.3 Å². The number of rotatable bonds is 19. The van der Waals surface area contributed by atoms with Crippen molar-refractivity contribution >= 4 is 52.7 Å². The largest absolute Gasteiger partial charge is 0.507 e. The van der Waals surface area contributed by atoms with Crippen molar-refractivity contribution in [2.24, 2.45) is 17.6 Å². The van der Waals surface area contributed by atoms with Gasteiger partial charge in [-0.25, -0.2) is 4.79 Å². The molecule has 23 heteroatoms. The summed E-state index contributed by atoms with van der Waals surface area (Å²) in [7, 11) is 1.29. The third-order valence-electron chi connectivity index (χ3n) is 12.2. The number of ketones is 4. The third-order valence-corrected chi connectivity index (χ3v) is 12.2. The molecular formula is C48H65N5O18. The van der Waals surface area contributed by atoms with E-state index in [1.165, 1.54) is 39.2 Å². The zero-order valence-corrected chi connectivity index (χ0v) is 40.8. The van der Waals surface area contributed by atoms with Crippen LogP contribution in [0.15, 0.2) is 18.2 Å². The minimum atomic E-state index is -2.41. The molecule has 0 saturated carbocycles. The molecule has 1 fully saturated rings. The van der Waals surface area contributed by atoms with E-state index in [1.807, 2.05) is 27.7 Å². The molecule has 4 amide bonds. The molecule has 2 aromatic rings. The molecular weight excluding hydrogens is 935 g/mol. The maximum Gasteiger partial charge on any atom is 0.371 e. The second-order valence-corrected chi connectivity index (χ2v) is 18.7. The van der Waals surface area contributed by atoms with Crippen molar-refractivity contribution in [2.45, 2.75) is 141 Å². The summed E-state index contributed by atoms with van der Waals surface area (Å²) in [6.07, 6.45) is -6.45. The van der Waals surface area contributed by atoms with Gasteiger partial charge in [0.1, 0.15) is 53.7 Å². The molecule has 0 aromatic heterocycles. The van der Waals surface area contributed by atoms with Crippen LogP contribution in [-0.4, -0.2) is 152 Å². The first-order valence-corrected chi connectivity index (χ1v) is 23.1. The Morgan fingerprint density at radius 1 is 0.873 bits per heavy atom. The molecule has 1 saturated heterocycles. The van der Waals surface area contributed by atoms with Gasteiger partial charge in [0, 0.05) is 55.8 Å². The van der Waals surface area contributed by atoms with Gasteiger partial charge in [0.2, 0.25) is 35.2 Å². The van der Waals surface area contributed by atoms with Gasteiger partial charge >= 0.3 is 5.97 Å². The molecule has 0 spiro atoms. The molecule has 0 unspecified atom stereocenters. The van der Waals surface area contributed by atoms with Gasteiger partial charge < -0.3 is 71.9 Å². The van der Waals surface area contributed by atoms with Gasteiger partial charge in [-0.2, -0.15) is 0 Å². The quantitative estimate of drug-likeness (QED) is 0.0544. The standard InChI is InChI=1S/C45H61N5O15.C3H4O3/c1-19(2)13-26(48-31(53)11-12-46)43(60)47-21(5)42(59)50-27(14-20(3)4)44(61)49-25-15-32(64-22(6)37(25)54)65-29-17-45(62,30(52)18-51)16-24-34(29)41(58)36-35(39(24)56)38(55)23-9-8-10-28(63-7)33(23)40(36)57;1-2(4)3(5)6/h8-10,19-22,25-27,29,32,37,51,54,56,58,62H,11-18,46H2,1-7H3,(H,47,60)(H,48,53)(H,49,61)(H,50,59);1H3,(H,5,6)/t21-,22-,25-,26-,27-,29-,32-,37+,45-;/m0./s1. The predicted molar refractivity (Wildman–Crippen MR) is 248 cm³/mol.